The largest absolute Gasteiger partial charge is 0.325 e. The fourth-order valence-electron chi connectivity index (χ4n) is 2.75. The Morgan fingerprint density at radius 3 is 2.55 bits per heavy atom. The van der Waals surface area contributed by atoms with Crippen LogP contribution in [0.3, 0.4) is 0 Å². The lowest BCUT2D eigenvalue weighted by atomic mass is 10.3. The van der Waals surface area contributed by atoms with E-state index >= 15 is 0 Å². The van der Waals surface area contributed by atoms with Gasteiger partial charge in [-0.1, -0.05) is 29.4 Å². The van der Waals surface area contributed by atoms with Gasteiger partial charge in [-0.25, -0.2) is 8.78 Å². The highest BCUT2D eigenvalue weighted by Gasteiger charge is 2.18. The summed E-state index contributed by atoms with van der Waals surface area (Å²) in [4.78, 5) is 16.6. The van der Waals surface area contributed by atoms with Gasteiger partial charge in [-0.15, -0.1) is 10.2 Å². The number of thioether (sulfide) groups is 1. The quantitative estimate of drug-likeness (QED) is 0.413. The Morgan fingerprint density at radius 2 is 1.84 bits per heavy atom. The zero-order chi connectivity index (χ0) is 21.8. The minimum Gasteiger partial charge on any atom is -0.325 e. The number of rotatable bonds is 6. The van der Waals surface area contributed by atoms with Crippen molar-refractivity contribution < 1.29 is 13.6 Å². The van der Waals surface area contributed by atoms with Crippen molar-refractivity contribution in [1.82, 2.24) is 19.7 Å². The molecule has 0 aliphatic carbocycles. The minimum atomic E-state index is -1.03. The number of pyridine rings is 1. The average Bonchev–Trinajstić information content (AvgIpc) is 3.20. The molecule has 0 saturated heterocycles. The molecule has 0 fully saturated rings. The van der Waals surface area contributed by atoms with Crippen LogP contribution < -0.4 is 5.32 Å². The van der Waals surface area contributed by atoms with Gasteiger partial charge < -0.3 is 5.32 Å². The van der Waals surface area contributed by atoms with Gasteiger partial charge >= 0.3 is 0 Å². The molecule has 0 atom stereocenters. The SMILES string of the molecule is O=C(CSc1nnc(-c2ccccn2)n1-c1ccc(Cl)cc1)Nc1ccc(F)c(F)c1. The first-order chi connectivity index (χ1) is 15.0. The number of hydrogen-bond donors (Lipinski definition) is 1. The number of benzene rings is 2. The van der Waals surface area contributed by atoms with Crippen LogP contribution in [0.15, 0.2) is 72.0 Å². The summed E-state index contributed by atoms with van der Waals surface area (Å²) in [5.41, 5.74) is 1.53. The maximum absolute atomic E-state index is 13.3. The molecule has 4 aromatic rings. The summed E-state index contributed by atoms with van der Waals surface area (Å²) >= 11 is 7.15. The van der Waals surface area contributed by atoms with Crippen molar-refractivity contribution in [2.75, 3.05) is 11.1 Å². The summed E-state index contributed by atoms with van der Waals surface area (Å²) < 4.78 is 28.2. The van der Waals surface area contributed by atoms with Crippen LogP contribution in [0, 0.1) is 11.6 Å². The molecule has 6 nitrogen and oxygen atoms in total. The third-order valence-electron chi connectivity index (χ3n) is 4.15. The minimum absolute atomic E-state index is 0.0209. The Hall–Kier alpha value is -3.30. The molecule has 2 aromatic heterocycles. The van der Waals surface area contributed by atoms with E-state index in [0.29, 0.717) is 21.7 Å². The molecule has 0 bridgehead atoms. The summed E-state index contributed by atoms with van der Waals surface area (Å²) in [7, 11) is 0. The number of nitrogens with one attached hydrogen (secondary N) is 1. The molecule has 31 heavy (non-hydrogen) atoms. The van der Waals surface area contributed by atoms with Crippen LogP contribution in [0.2, 0.25) is 5.02 Å². The molecule has 156 valence electrons. The Morgan fingerprint density at radius 1 is 1.03 bits per heavy atom. The maximum atomic E-state index is 13.3. The predicted molar refractivity (Wildman–Crippen MR) is 115 cm³/mol. The lowest BCUT2D eigenvalue weighted by molar-refractivity contribution is -0.113. The van der Waals surface area contributed by atoms with Gasteiger partial charge in [0.2, 0.25) is 5.91 Å². The van der Waals surface area contributed by atoms with Gasteiger partial charge in [0.05, 0.1) is 5.75 Å². The summed E-state index contributed by atoms with van der Waals surface area (Å²) in [6.45, 7) is 0. The second-order valence-electron chi connectivity index (χ2n) is 6.30. The van der Waals surface area contributed by atoms with Crippen molar-refractivity contribution in [2.45, 2.75) is 5.16 Å². The molecule has 0 aliphatic rings. The fourth-order valence-corrected chi connectivity index (χ4v) is 3.63. The first-order valence-electron chi connectivity index (χ1n) is 9.02. The van der Waals surface area contributed by atoms with Crippen LogP contribution in [-0.2, 0) is 4.79 Å². The van der Waals surface area contributed by atoms with Crippen LogP contribution in [0.1, 0.15) is 0 Å². The Bertz CT molecular complexity index is 1220. The van der Waals surface area contributed by atoms with Crippen molar-refractivity contribution in [3.8, 4) is 17.2 Å². The standard InChI is InChI=1S/C21H14ClF2N5OS/c22-13-4-7-15(8-5-13)29-20(18-3-1-2-10-25-18)27-28-21(29)31-12-19(30)26-14-6-9-16(23)17(24)11-14/h1-11H,12H2,(H,26,30). The molecule has 10 heteroatoms. The van der Waals surface area contributed by atoms with Crippen LogP contribution in [0.4, 0.5) is 14.5 Å². The highest BCUT2D eigenvalue weighted by molar-refractivity contribution is 7.99. The zero-order valence-corrected chi connectivity index (χ0v) is 17.4. The predicted octanol–water partition coefficient (Wildman–Crippen LogP) is 4.99. The number of amides is 1. The normalized spacial score (nSPS) is 10.8. The van der Waals surface area contributed by atoms with Gasteiger partial charge in [-0.05, 0) is 48.5 Å². The molecule has 0 aliphatic heterocycles. The molecule has 4 rings (SSSR count). The monoisotopic (exact) mass is 457 g/mol. The molecule has 2 aromatic carbocycles. The summed E-state index contributed by atoms with van der Waals surface area (Å²) in [5, 5.41) is 12.0. The van der Waals surface area contributed by atoms with E-state index in [1.807, 2.05) is 18.2 Å². The summed E-state index contributed by atoms with van der Waals surface area (Å²) in [6.07, 6.45) is 1.65. The van der Waals surface area contributed by atoms with Gasteiger partial charge in [0.25, 0.3) is 0 Å². The van der Waals surface area contributed by atoms with E-state index in [-0.39, 0.29) is 11.4 Å². The first-order valence-corrected chi connectivity index (χ1v) is 10.4. The first kappa shape index (κ1) is 21.0. The van der Waals surface area contributed by atoms with Crippen LogP contribution in [-0.4, -0.2) is 31.4 Å². The zero-order valence-electron chi connectivity index (χ0n) is 15.8. The average molecular weight is 458 g/mol. The Labute approximate surface area is 185 Å². The van der Waals surface area contributed by atoms with Crippen molar-refractivity contribution in [3.05, 3.63) is 83.5 Å². The van der Waals surface area contributed by atoms with Gasteiger partial charge in [-0.2, -0.15) is 0 Å². The molecule has 0 unspecified atom stereocenters. The molecule has 1 N–H and O–H groups in total. The smallest absolute Gasteiger partial charge is 0.234 e. The molecule has 0 saturated carbocycles. The summed E-state index contributed by atoms with van der Waals surface area (Å²) in [5.74, 6) is -1.93. The second-order valence-corrected chi connectivity index (χ2v) is 7.68. The van der Waals surface area contributed by atoms with Crippen molar-refractivity contribution in [2.24, 2.45) is 0 Å². The number of carbonyl (C=O) groups excluding carboxylic acids is 1. The van der Waals surface area contributed by atoms with E-state index in [2.05, 4.69) is 20.5 Å². The summed E-state index contributed by atoms with van der Waals surface area (Å²) in [6, 6.07) is 15.7. The van der Waals surface area contributed by atoms with E-state index in [9.17, 15) is 13.6 Å². The van der Waals surface area contributed by atoms with Crippen molar-refractivity contribution in [3.63, 3.8) is 0 Å². The van der Waals surface area contributed by atoms with Crippen LogP contribution >= 0.6 is 23.4 Å². The van der Waals surface area contributed by atoms with Crippen molar-refractivity contribution in [1.29, 1.82) is 0 Å². The number of halogens is 3. The third kappa shape index (κ3) is 4.89. The number of aromatic nitrogens is 4. The number of hydrogen-bond acceptors (Lipinski definition) is 5. The lowest BCUT2D eigenvalue weighted by Crippen LogP contribution is -2.15. The third-order valence-corrected chi connectivity index (χ3v) is 5.33. The van der Waals surface area contributed by atoms with Crippen molar-refractivity contribution >= 4 is 35.0 Å². The van der Waals surface area contributed by atoms with E-state index in [0.717, 1.165) is 29.6 Å². The van der Waals surface area contributed by atoms with E-state index < -0.39 is 17.5 Å². The second kappa shape index (κ2) is 9.23. The maximum Gasteiger partial charge on any atom is 0.234 e. The number of nitrogens with zero attached hydrogens (tertiary/aromatic N) is 4. The van der Waals surface area contributed by atoms with E-state index in [4.69, 9.17) is 11.6 Å². The molecular weight excluding hydrogens is 444 g/mol. The molecule has 0 spiro atoms. The fraction of sp³-hybridized carbons (Fsp3) is 0.0476. The Balaban J connectivity index is 1.57. The molecule has 2 heterocycles. The van der Waals surface area contributed by atoms with Gasteiger partial charge in [0, 0.05) is 28.7 Å². The highest BCUT2D eigenvalue weighted by atomic mass is 35.5. The number of anilines is 1. The molecule has 0 radical (unpaired) electrons. The molecule has 1 amide bonds. The van der Waals surface area contributed by atoms with Crippen LogP contribution in [0.5, 0.6) is 0 Å². The Kier molecular flexibility index (Phi) is 6.24. The van der Waals surface area contributed by atoms with Crippen LogP contribution in [0.25, 0.3) is 17.2 Å². The molecular formula is C21H14ClF2N5OS. The van der Waals surface area contributed by atoms with Gasteiger partial charge in [-0.3, -0.25) is 14.3 Å². The van der Waals surface area contributed by atoms with E-state index in [1.165, 1.54) is 6.07 Å². The highest BCUT2D eigenvalue weighted by Crippen LogP contribution is 2.28. The number of carbonyl (C=O) groups is 1. The van der Waals surface area contributed by atoms with Gasteiger partial charge in [0.15, 0.2) is 22.6 Å². The van der Waals surface area contributed by atoms with E-state index in [1.54, 1.807) is 35.0 Å². The van der Waals surface area contributed by atoms with Gasteiger partial charge in [0.1, 0.15) is 5.69 Å². The lowest BCUT2D eigenvalue weighted by Gasteiger charge is -2.10. The topological polar surface area (TPSA) is 72.7 Å².